The molecule has 1 saturated heterocycles. The summed E-state index contributed by atoms with van der Waals surface area (Å²) in [5.41, 5.74) is 1.18. The lowest BCUT2D eigenvalue weighted by Gasteiger charge is -2.18. The van der Waals surface area contributed by atoms with E-state index in [0.717, 1.165) is 5.57 Å². The van der Waals surface area contributed by atoms with Crippen LogP contribution in [0.1, 0.15) is 19.6 Å². The zero-order valence-electron chi connectivity index (χ0n) is 18.6. The number of hydrogen-bond acceptors (Lipinski definition) is 9. The van der Waals surface area contributed by atoms with Crippen molar-refractivity contribution in [3.63, 3.8) is 0 Å². The van der Waals surface area contributed by atoms with Crippen molar-refractivity contribution in [3.05, 3.63) is 48.4 Å². The van der Waals surface area contributed by atoms with Gasteiger partial charge in [0.25, 0.3) is 0 Å². The lowest BCUT2D eigenvalue weighted by Crippen LogP contribution is -2.26. The van der Waals surface area contributed by atoms with Crippen LogP contribution in [0.4, 0.5) is 5.82 Å². The minimum Gasteiger partial charge on any atom is -0.390 e. The van der Waals surface area contributed by atoms with Gasteiger partial charge in [0.15, 0.2) is 17.8 Å². The van der Waals surface area contributed by atoms with Crippen LogP contribution in [0.5, 0.6) is 0 Å². The zero-order valence-corrected chi connectivity index (χ0v) is 21.2. The first-order chi connectivity index (χ1) is 16.3. The zero-order chi connectivity index (χ0) is 26.0. The average molecular weight is 550 g/mol. The molecule has 3 rings (SSSR count). The van der Waals surface area contributed by atoms with Crippen molar-refractivity contribution in [2.75, 3.05) is 17.8 Å². The lowest BCUT2D eigenvalue weighted by molar-refractivity contribution is -0.0434. The summed E-state index contributed by atoms with van der Waals surface area (Å²) in [6.07, 6.45) is 3.69. The second-order valence-electron chi connectivity index (χ2n) is 7.81. The fraction of sp³-hybridized carbons (Fsp3) is 0.421. The summed E-state index contributed by atoms with van der Waals surface area (Å²) in [4.78, 5) is 35.9. The fourth-order valence-corrected chi connectivity index (χ4v) is 6.24. The van der Waals surface area contributed by atoms with Crippen molar-refractivity contribution < 1.29 is 38.2 Å². The highest BCUT2D eigenvalue weighted by Gasteiger charge is 2.39. The van der Waals surface area contributed by atoms with Crippen LogP contribution in [0.3, 0.4) is 0 Å². The highest BCUT2D eigenvalue weighted by atomic mass is 35.5. The summed E-state index contributed by atoms with van der Waals surface area (Å²) in [6.45, 7) is 8.81. The summed E-state index contributed by atoms with van der Waals surface area (Å²) < 4.78 is 34.8. The smallest absolute Gasteiger partial charge is 0.340 e. The fourth-order valence-electron chi connectivity index (χ4n) is 3.51. The van der Waals surface area contributed by atoms with Gasteiger partial charge >= 0.3 is 15.2 Å². The monoisotopic (exact) mass is 549 g/mol. The number of nitrogens with one attached hydrogen (secondary N) is 1. The van der Waals surface area contributed by atoms with E-state index in [-0.39, 0.29) is 17.7 Å². The Kier molecular flexibility index (Phi) is 8.69. The molecule has 0 radical (unpaired) electrons. The SMILES string of the molecule is C=C/C=C(\C=C)[C@@H](C)Nc1nc(Cl)nc2c1cnn2[C@H]1C[C@H](O)[C@@H](COP(=O)(O)CP(=O)(O)O)O1. The average Bonchev–Trinajstić information content (AvgIpc) is 3.31. The molecule has 3 heterocycles. The molecule has 5 atom stereocenters. The molecule has 35 heavy (non-hydrogen) atoms. The van der Waals surface area contributed by atoms with E-state index >= 15 is 0 Å². The van der Waals surface area contributed by atoms with E-state index in [9.17, 15) is 19.1 Å². The number of rotatable bonds is 11. The molecule has 5 N–H and O–H groups in total. The molecule has 0 spiro atoms. The number of allylic oxidation sites excluding steroid dienone is 2. The number of aliphatic hydroxyl groups excluding tert-OH is 1. The summed E-state index contributed by atoms with van der Waals surface area (Å²) >= 11 is 6.14. The molecule has 0 amide bonds. The molecule has 0 aliphatic carbocycles. The maximum absolute atomic E-state index is 11.9. The van der Waals surface area contributed by atoms with Gasteiger partial charge in [0.2, 0.25) is 5.28 Å². The van der Waals surface area contributed by atoms with Gasteiger partial charge in [0.1, 0.15) is 11.9 Å². The van der Waals surface area contributed by atoms with E-state index in [4.69, 9.17) is 30.6 Å². The third-order valence-electron chi connectivity index (χ3n) is 5.11. The van der Waals surface area contributed by atoms with E-state index in [1.807, 2.05) is 6.92 Å². The minimum absolute atomic E-state index is 0.0441. The van der Waals surface area contributed by atoms with Gasteiger partial charge in [0, 0.05) is 12.5 Å². The number of halogens is 1. The first-order valence-electron chi connectivity index (χ1n) is 10.3. The second-order valence-corrected chi connectivity index (χ2v) is 12.1. The first-order valence-corrected chi connectivity index (χ1v) is 14.2. The van der Waals surface area contributed by atoms with E-state index in [1.54, 1.807) is 18.2 Å². The quantitative estimate of drug-likeness (QED) is 0.157. The van der Waals surface area contributed by atoms with E-state index in [1.165, 1.54) is 10.9 Å². The molecule has 1 aliphatic heterocycles. The van der Waals surface area contributed by atoms with Crippen LogP contribution >= 0.6 is 26.8 Å². The predicted octanol–water partition coefficient (Wildman–Crippen LogP) is 2.56. The Morgan fingerprint density at radius 1 is 1.40 bits per heavy atom. The Balaban J connectivity index is 1.79. The van der Waals surface area contributed by atoms with E-state index in [0.29, 0.717) is 16.9 Å². The van der Waals surface area contributed by atoms with Crippen LogP contribution in [-0.4, -0.2) is 70.3 Å². The van der Waals surface area contributed by atoms with Crippen LogP contribution < -0.4 is 5.32 Å². The Bertz CT molecular complexity index is 1230. The summed E-state index contributed by atoms with van der Waals surface area (Å²) in [6, 6.07) is -0.198. The molecule has 1 aliphatic rings. The third-order valence-corrected chi connectivity index (χ3v) is 8.73. The van der Waals surface area contributed by atoms with Gasteiger partial charge in [-0.15, -0.1) is 0 Å². The molecule has 2 aromatic heterocycles. The number of hydrogen-bond donors (Lipinski definition) is 5. The van der Waals surface area contributed by atoms with Gasteiger partial charge in [-0.25, -0.2) is 4.68 Å². The van der Waals surface area contributed by atoms with Gasteiger partial charge < -0.3 is 34.4 Å². The van der Waals surface area contributed by atoms with Crippen molar-refractivity contribution in [2.45, 2.75) is 37.8 Å². The molecular formula is C19H26ClN5O8P2. The number of aromatic nitrogens is 4. The van der Waals surface area contributed by atoms with E-state index < -0.39 is 46.1 Å². The lowest BCUT2D eigenvalue weighted by atomic mass is 10.1. The molecule has 0 aromatic carbocycles. The van der Waals surface area contributed by atoms with Crippen molar-refractivity contribution in [1.82, 2.24) is 19.7 Å². The number of ether oxygens (including phenoxy) is 1. The third kappa shape index (κ3) is 7.07. The van der Waals surface area contributed by atoms with Crippen molar-refractivity contribution in [3.8, 4) is 0 Å². The van der Waals surface area contributed by atoms with Gasteiger partial charge in [-0.3, -0.25) is 9.13 Å². The van der Waals surface area contributed by atoms with Crippen LogP contribution in [0, 0.1) is 0 Å². The van der Waals surface area contributed by atoms with Crippen molar-refractivity contribution in [1.29, 1.82) is 0 Å². The molecule has 13 nitrogen and oxygen atoms in total. The van der Waals surface area contributed by atoms with E-state index in [2.05, 4.69) is 33.5 Å². The van der Waals surface area contributed by atoms with Crippen LogP contribution in [0.2, 0.25) is 5.28 Å². The molecule has 2 aromatic rings. The number of aliphatic hydroxyl groups is 1. The van der Waals surface area contributed by atoms with Crippen LogP contribution in [-0.2, 0) is 18.4 Å². The first kappa shape index (κ1) is 27.7. The largest absolute Gasteiger partial charge is 0.390 e. The predicted molar refractivity (Wildman–Crippen MR) is 129 cm³/mol. The molecule has 192 valence electrons. The summed E-state index contributed by atoms with van der Waals surface area (Å²) in [5.74, 6) is -0.928. The Morgan fingerprint density at radius 3 is 2.74 bits per heavy atom. The maximum atomic E-state index is 11.9. The van der Waals surface area contributed by atoms with Gasteiger partial charge in [-0.2, -0.15) is 15.1 Å². The molecular weight excluding hydrogens is 524 g/mol. The summed E-state index contributed by atoms with van der Waals surface area (Å²) in [7, 11) is -9.37. The number of anilines is 1. The topological polar surface area (TPSA) is 189 Å². The summed E-state index contributed by atoms with van der Waals surface area (Å²) in [5, 5.41) is 18.4. The maximum Gasteiger partial charge on any atom is 0.340 e. The Hall–Kier alpha value is -1.92. The van der Waals surface area contributed by atoms with Gasteiger partial charge in [-0.05, 0) is 24.1 Å². The van der Waals surface area contributed by atoms with Crippen LogP contribution in [0.25, 0.3) is 11.0 Å². The Labute approximate surface area is 205 Å². The van der Waals surface area contributed by atoms with Gasteiger partial charge in [-0.1, -0.05) is 31.4 Å². The highest BCUT2D eigenvalue weighted by Crippen LogP contribution is 2.55. The molecule has 16 heteroatoms. The minimum atomic E-state index is -4.78. The molecule has 1 fully saturated rings. The molecule has 0 saturated carbocycles. The highest BCUT2D eigenvalue weighted by molar-refractivity contribution is 7.70. The second kappa shape index (κ2) is 11.0. The Morgan fingerprint density at radius 2 is 2.11 bits per heavy atom. The van der Waals surface area contributed by atoms with Gasteiger partial charge in [0.05, 0.1) is 24.3 Å². The van der Waals surface area contributed by atoms with Crippen molar-refractivity contribution >= 4 is 43.6 Å². The van der Waals surface area contributed by atoms with Crippen molar-refractivity contribution in [2.24, 2.45) is 0 Å². The standard InChI is InChI=1S/C19H26ClN5O8P2/c1-4-6-12(5-2)11(3)22-17-13-8-21-25(18(13)24-19(20)23-17)16-7-14(26)15(33-16)9-32-35(30,31)10-34(27,28)29/h4-6,8,11,14-16,26H,1-2,7,9-10H2,3H3,(H,30,31)(H,22,23,24)(H2,27,28,29)/b12-6+/t11-,14+,15-,16-/m1/s1. The number of fused-ring (bicyclic) bond motifs is 1. The molecule has 1 unspecified atom stereocenters. The normalized spacial score (nSPS) is 23.7. The van der Waals surface area contributed by atoms with Crippen LogP contribution in [0.15, 0.2) is 43.2 Å². The number of nitrogens with zero attached hydrogens (tertiary/aromatic N) is 4. The molecule has 0 bridgehead atoms.